The van der Waals surface area contributed by atoms with Crippen LogP contribution in [0.2, 0.25) is 0 Å². The number of amides is 3. The minimum absolute atomic E-state index is 0.0256. The quantitative estimate of drug-likeness (QED) is 0.197. The monoisotopic (exact) mass is 631 g/mol. The number of carbonyl (C=O) groups excluding carboxylic acids is 4. The Balaban J connectivity index is 1.24. The van der Waals surface area contributed by atoms with E-state index in [9.17, 15) is 19.2 Å². The van der Waals surface area contributed by atoms with Crippen LogP contribution in [0, 0.1) is 6.92 Å². The number of imide groups is 1. The zero-order valence-corrected chi connectivity index (χ0v) is 24.1. The number of aromatic nitrogens is 1. The largest absolute Gasteiger partial charge is 0.454 e. The Kier molecular flexibility index (Phi) is 7.14. The van der Waals surface area contributed by atoms with Crippen LogP contribution in [-0.4, -0.2) is 45.6 Å². The predicted molar refractivity (Wildman–Crippen MR) is 159 cm³/mol. The average Bonchev–Trinajstić information content (AvgIpc) is 3.61. The number of rotatable bonds is 7. The number of Topliss-reactive ketones (excluding diaryl/α,β-unsaturated/α-hetero) is 1. The van der Waals surface area contributed by atoms with Crippen LogP contribution < -0.4 is 14.8 Å². The van der Waals surface area contributed by atoms with Gasteiger partial charge >= 0.3 is 0 Å². The number of nitrogens with one attached hydrogen (secondary N) is 1. The van der Waals surface area contributed by atoms with Crippen LogP contribution in [0.1, 0.15) is 21.6 Å². The van der Waals surface area contributed by atoms with Gasteiger partial charge in [0.15, 0.2) is 17.3 Å². The fourth-order valence-corrected chi connectivity index (χ4v) is 5.88. The van der Waals surface area contributed by atoms with Crippen LogP contribution in [0.5, 0.6) is 11.5 Å². The third-order valence-electron chi connectivity index (χ3n) is 6.85. The highest BCUT2D eigenvalue weighted by Gasteiger charge is 2.36. The van der Waals surface area contributed by atoms with Crippen molar-refractivity contribution in [3.05, 3.63) is 92.9 Å². The van der Waals surface area contributed by atoms with Crippen molar-refractivity contribution in [1.29, 1.82) is 0 Å². The van der Waals surface area contributed by atoms with Crippen LogP contribution in [0.15, 0.2) is 76.1 Å². The van der Waals surface area contributed by atoms with Crippen molar-refractivity contribution < 1.29 is 28.7 Å². The molecule has 9 nitrogen and oxygen atoms in total. The van der Waals surface area contributed by atoms with Crippen molar-refractivity contribution in [2.24, 2.45) is 0 Å². The van der Waals surface area contributed by atoms with Crippen LogP contribution in [0.25, 0.3) is 17.0 Å². The van der Waals surface area contributed by atoms with Crippen molar-refractivity contribution in [3.8, 4) is 11.5 Å². The Morgan fingerprint density at radius 3 is 2.56 bits per heavy atom. The van der Waals surface area contributed by atoms with E-state index in [-0.39, 0.29) is 36.5 Å². The lowest BCUT2D eigenvalue weighted by Gasteiger charge is -2.11. The first-order valence-corrected chi connectivity index (χ1v) is 14.2. The van der Waals surface area contributed by atoms with Gasteiger partial charge in [0.25, 0.3) is 11.1 Å². The zero-order valence-electron chi connectivity index (χ0n) is 21.7. The molecule has 6 rings (SSSR count). The van der Waals surface area contributed by atoms with Crippen molar-refractivity contribution in [2.75, 3.05) is 18.7 Å². The Bertz CT molecular complexity index is 1780. The lowest BCUT2D eigenvalue weighted by atomic mass is 10.1. The summed E-state index contributed by atoms with van der Waals surface area (Å²) in [5.41, 5.74) is 3.28. The van der Waals surface area contributed by atoms with Crippen molar-refractivity contribution in [2.45, 2.75) is 13.5 Å². The van der Waals surface area contributed by atoms with E-state index in [2.05, 4.69) is 21.2 Å². The smallest absolute Gasteiger partial charge is 0.293 e. The van der Waals surface area contributed by atoms with Gasteiger partial charge in [0.05, 0.1) is 11.4 Å². The number of para-hydroxylation sites is 1. The highest BCUT2D eigenvalue weighted by molar-refractivity contribution is 9.10. The van der Waals surface area contributed by atoms with Crippen molar-refractivity contribution in [1.82, 2.24) is 9.47 Å². The number of carbonyl (C=O) groups is 4. The van der Waals surface area contributed by atoms with Crippen LogP contribution in [0.3, 0.4) is 0 Å². The highest BCUT2D eigenvalue weighted by atomic mass is 79.9. The SMILES string of the molecule is Cc1c(/C=C2\SC(=O)N(CC(=O)c3ccc(Br)cc3)C2=O)c2ccccc2n1CC(=O)Nc1ccc2c(c1)OCO2. The van der Waals surface area contributed by atoms with Gasteiger partial charge in [-0.25, -0.2) is 0 Å². The van der Waals surface area contributed by atoms with E-state index in [1.54, 1.807) is 48.5 Å². The zero-order chi connectivity index (χ0) is 28.7. The first-order valence-electron chi connectivity index (χ1n) is 12.6. The first kappa shape index (κ1) is 26.9. The Morgan fingerprint density at radius 1 is 1.00 bits per heavy atom. The highest BCUT2D eigenvalue weighted by Crippen LogP contribution is 2.36. The minimum Gasteiger partial charge on any atom is -0.454 e. The number of anilines is 1. The lowest BCUT2D eigenvalue weighted by molar-refractivity contribution is -0.122. The topological polar surface area (TPSA) is 107 Å². The number of fused-ring (bicyclic) bond motifs is 2. The summed E-state index contributed by atoms with van der Waals surface area (Å²) in [6.07, 6.45) is 1.67. The number of benzene rings is 3. The molecule has 0 spiro atoms. The average molecular weight is 632 g/mol. The van der Waals surface area contributed by atoms with Gasteiger partial charge in [0.2, 0.25) is 12.7 Å². The molecular weight excluding hydrogens is 610 g/mol. The molecule has 0 saturated carbocycles. The fraction of sp³-hybridized carbons (Fsp3) is 0.133. The molecule has 1 fully saturated rings. The van der Waals surface area contributed by atoms with Gasteiger partial charge in [0, 0.05) is 44.0 Å². The van der Waals surface area contributed by atoms with E-state index >= 15 is 0 Å². The third-order valence-corrected chi connectivity index (χ3v) is 8.29. The van der Waals surface area contributed by atoms with Crippen LogP contribution in [-0.2, 0) is 16.1 Å². The standard InChI is InChI=1S/C30H22BrN3O6S/c1-17-22(13-27-29(37)34(30(38)41-27)14-24(35)18-6-8-19(31)9-7-18)21-4-2-3-5-23(21)33(17)15-28(36)32-20-10-11-25-26(12-20)40-16-39-25/h2-13H,14-16H2,1H3,(H,32,36)/b27-13-. The van der Waals surface area contributed by atoms with E-state index in [0.717, 1.165) is 43.3 Å². The van der Waals surface area contributed by atoms with Gasteiger partial charge in [-0.3, -0.25) is 24.1 Å². The Morgan fingerprint density at radius 2 is 1.76 bits per heavy atom. The number of ketones is 1. The molecule has 11 heteroatoms. The van der Waals surface area contributed by atoms with Gasteiger partial charge in [-0.2, -0.15) is 0 Å². The van der Waals surface area contributed by atoms with E-state index in [1.165, 1.54) is 0 Å². The summed E-state index contributed by atoms with van der Waals surface area (Å²) in [5.74, 6) is 0.0951. The Labute approximate surface area is 247 Å². The summed E-state index contributed by atoms with van der Waals surface area (Å²) in [6, 6.07) is 19.5. The third kappa shape index (κ3) is 5.25. The molecule has 1 aromatic heterocycles. The number of hydrogen-bond donors (Lipinski definition) is 1. The summed E-state index contributed by atoms with van der Waals surface area (Å²) in [4.78, 5) is 52.9. The Hall–Kier alpha value is -4.35. The molecule has 1 saturated heterocycles. The summed E-state index contributed by atoms with van der Waals surface area (Å²) < 4.78 is 13.4. The molecule has 206 valence electrons. The predicted octanol–water partition coefficient (Wildman–Crippen LogP) is 6.00. The minimum atomic E-state index is -0.526. The van der Waals surface area contributed by atoms with Gasteiger partial charge < -0.3 is 19.4 Å². The molecule has 3 aromatic carbocycles. The molecule has 41 heavy (non-hydrogen) atoms. The molecule has 0 radical (unpaired) electrons. The number of ether oxygens (including phenoxy) is 2. The summed E-state index contributed by atoms with van der Waals surface area (Å²) >= 11 is 4.13. The van der Waals surface area contributed by atoms with Gasteiger partial charge in [-0.15, -0.1) is 0 Å². The summed E-state index contributed by atoms with van der Waals surface area (Å²) in [7, 11) is 0. The number of thioether (sulfide) groups is 1. The van der Waals surface area contributed by atoms with Gasteiger partial charge in [0.1, 0.15) is 6.54 Å². The second-order valence-electron chi connectivity index (χ2n) is 9.42. The molecule has 2 aliphatic heterocycles. The molecule has 3 amide bonds. The molecule has 1 N–H and O–H groups in total. The maximum Gasteiger partial charge on any atom is 0.293 e. The number of halogens is 1. The molecule has 0 bridgehead atoms. The molecule has 0 atom stereocenters. The number of hydrogen-bond acceptors (Lipinski definition) is 7. The van der Waals surface area contributed by atoms with Gasteiger partial charge in [-0.05, 0) is 55.1 Å². The molecule has 0 unspecified atom stereocenters. The summed E-state index contributed by atoms with van der Waals surface area (Å²) in [6.45, 7) is 1.69. The fourth-order valence-electron chi connectivity index (χ4n) is 4.80. The van der Waals surface area contributed by atoms with E-state index in [0.29, 0.717) is 22.7 Å². The second-order valence-corrected chi connectivity index (χ2v) is 11.3. The second kappa shape index (κ2) is 10.9. The maximum atomic E-state index is 13.2. The normalized spacial score (nSPS) is 15.3. The molecule has 3 heterocycles. The molecule has 0 aliphatic carbocycles. The van der Waals surface area contributed by atoms with Crippen molar-refractivity contribution >= 4 is 73.2 Å². The van der Waals surface area contributed by atoms with Gasteiger partial charge in [-0.1, -0.05) is 46.3 Å². The maximum absolute atomic E-state index is 13.2. The van der Waals surface area contributed by atoms with Crippen LogP contribution >= 0.6 is 27.7 Å². The van der Waals surface area contributed by atoms with E-state index < -0.39 is 11.1 Å². The molecular formula is C30H22BrN3O6S. The van der Waals surface area contributed by atoms with E-state index in [4.69, 9.17) is 9.47 Å². The summed E-state index contributed by atoms with van der Waals surface area (Å²) in [5, 5.41) is 3.22. The van der Waals surface area contributed by atoms with E-state index in [1.807, 2.05) is 35.8 Å². The lowest BCUT2D eigenvalue weighted by Crippen LogP contribution is -2.33. The molecule has 2 aliphatic rings. The van der Waals surface area contributed by atoms with Crippen molar-refractivity contribution in [3.63, 3.8) is 0 Å². The van der Waals surface area contributed by atoms with Crippen LogP contribution in [0.4, 0.5) is 10.5 Å². The number of nitrogens with zero attached hydrogens (tertiary/aromatic N) is 2. The first-order chi connectivity index (χ1) is 19.8. The molecule has 4 aromatic rings.